The van der Waals surface area contributed by atoms with Crippen molar-refractivity contribution in [3.8, 4) is 5.75 Å². The quantitative estimate of drug-likeness (QED) is 0.647. The molecule has 4 heterocycles. The fourth-order valence-electron chi connectivity index (χ4n) is 4.56. The number of hydrogen-bond acceptors (Lipinski definition) is 5. The molecule has 3 unspecified atom stereocenters. The first kappa shape index (κ1) is 20.1. The number of para-hydroxylation sites is 1. The molecule has 164 valence electrons. The number of fused-ring (bicyclic) bond motifs is 2. The van der Waals surface area contributed by atoms with Crippen molar-refractivity contribution in [1.82, 2.24) is 14.9 Å². The lowest BCUT2D eigenvalue weighted by Gasteiger charge is -2.39. The molecule has 1 aromatic carbocycles. The normalized spacial score (nSPS) is 24.2. The summed E-state index contributed by atoms with van der Waals surface area (Å²) in [5, 5.41) is 3.93. The zero-order valence-electron chi connectivity index (χ0n) is 16.9. The number of likely N-dealkylation sites (tertiary alicyclic amines) is 1. The monoisotopic (exact) mass is 432 g/mol. The number of nitrogens with one attached hydrogen (secondary N) is 2. The minimum absolute atomic E-state index is 0.0132. The first-order valence-corrected chi connectivity index (χ1v) is 10.2. The molecule has 1 saturated heterocycles. The Balaban J connectivity index is 1.52. The van der Waals surface area contributed by atoms with E-state index in [0.29, 0.717) is 17.7 Å². The van der Waals surface area contributed by atoms with Crippen LogP contribution in [0, 0.1) is 0 Å². The van der Waals surface area contributed by atoms with Crippen LogP contribution in [0.2, 0.25) is 0 Å². The van der Waals surface area contributed by atoms with Crippen molar-refractivity contribution in [2.24, 2.45) is 0 Å². The van der Waals surface area contributed by atoms with Crippen LogP contribution in [-0.2, 0) is 10.9 Å². The molecule has 0 bridgehead atoms. The molecular weight excluding hydrogens is 409 g/mol. The summed E-state index contributed by atoms with van der Waals surface area (Å²) in [6, 6.07) is 10.5. The number of aromatic amines is 1. The van der Waals surface area contributed by atoms with E-state index in [-0.39, 0.29) is 23.8 Å². The molecule has 2 aromatic heterocycles. The Bertz CT molecular complexity index is 1080. The number of halogens is 3. The number of H-pyrrole nitrogens is 1. The highest BCUT2D eigenvalue weighted by Gasteiger charge is 2.39. The summed E-state index contributed by atoms with van der Waals surface area (Å²) < 4.78 is 51.3. The number of nitrogens with zero attached hydrogens (tertiary/aromatic N) is 2. The predicted octanol–water partition coefficient (Wildman–Crippen LogP) is 4.22. The first-order valence-electron chi connectivity index (χ1n) is 10.2. The molecule has 6 nitrogen and oxygen atoms in total. The van der Waals surface area contributed by atoms with E-state index < -0.39 is 11.9 Å². The summed E-state index contributed by atoms with van der Waals surface area (Å²) in [7, 11) is 1.72. The topological polar surface area (TPSA) is 62.4 Å². The lowest BCUT2D eigenvalue weighted by molar-refractivity contribution is -0.140. The molecule has 5 rings (SSSR count). The van der Waals surface area contributed by atoms with E-state index in [1.165, 1.54) is 6.20 Å². The number of benzene rings is 1. The van der Waals surface area contributed by atoms with Gasteiger partial charge in [-0.25, -0.2) is 4.98 Å². The Kier molecular flexibility index (Phi) is 5.02. The van der Waals surface area contributed by atoms with Crippen LogP contribution in [0.5, 0.6) is 5.75 Å². The van der Waals surface area contributed by atoms with E-state index in [2.05, 4.69) is 20.2 Å². The molecule has 1 fully saturated rings. The Hall–Kier alpha value is -2.78. The molecule has 9 heteroatoms. The summed E-state index contributed by atoms with van der Waals surface area (Å²) in [6.07, 6.45) is -1.84. The van der Waals surface area contributed by atoms with Crippen LogP contribution < -0.4 is 10.1 Å². The molecule has 3 aromatic rings. The molecule has 2 N–H and O–H groups in total. The van der Waals surface area contributed by atoms with Gasteiger partial charge >= 0.3 is 6.18 Å². The maximum Gasteiger partial charge on any atom is 0.431 e. The van der Waals surface area contributed by atoms with Crippen LogP contribution in [0.3, 0.4) is 0 Å². The van der Waals surface area contributed by atoms with E-state index >= 15 is 0 Å². The van der Waals surface area contributed by atoms with Gasteiger partial charge in [0.05, 0.1) is 18.2 Å². The van der Waals surface area contributed by atoms with Crippen LogP contribution in [0.1, 0.15) is 23.7 Å². The molecule has 3 atom stereocenters. The van der Waals surface area contributed by atoms with Crippen LogP contribution in [0.15, 0.2) is 42.6 Å². The third-order valence-electron chi connectivity index (χ3n) is 6.18. The molecule has 2 aliphatic heterocycles. The van der Waals surface area contributed by atoms with Gasteiger partial charge in [-0.2, -0.15) is 13.2 Å². The third kappa shape index (κ3) is 3.72. The second-order valence-corrected chi connectivity index (χ2v) is 7.98. The minimum atomic E-state index is -4.46. The number of hydrogen-bond donors (Lipinski definition) is 2. The van der Waals surface area contributed by atoms with E-state index in [0.717, 1.165) is 36.9 Å². The zero-order valence-corrected chi connectivity index (χ0v) is 16.9. The van der Waals surface area contributed by atoms with Gasteiger partial charge in [0.25, 0.3) is 0 Å². The van der Waals surface area contributed by atoms with Gasteiger partial charge in [-0.1, -0.05) is 18.2 Å². The summed E-state index contributed by atoms with van der Waals surface area (Å²) in [5.41, 5.74) is 0.979. The van der Waals surface area contributed by atoms with E-state index in [1.807, 2.05) is 24.3 Å². The second kappa shape index (κ2) is 7.72. The highest BCUT2D eigenvalue weighted by atomic mass is 19.4. The molecule has 0 aliphatic carbocycles. The molecule has 31 heavy (non-hydrogen) atoms. The van der Waals surface area contributed by atoms with Gasteiger partial charge in [0.15, 0.2) is 0 Å². The second-order valence-electron chi connectivity index (χ2n) is 7.98. The molecule has 0 spiro atoms. The Morgan fingerprint density at radius 3 is 2.87 bits per heavy atom. The van der Waals surface area contributed by atoms with Gasteiger partial charge in [-0.05, 0) is 24.6 Å². The number of alkyl halides is 3. The smallest absolute Gasteiger partial charge is 0.431 e. The highest BCUT2D eigenvalue weighted by molar-refractivity contribution is 5.90. The van der Waals surface area contributed by atoms with Crippen molar-refractivity contribution in [3.63, 3.8) is 0 Å². The largest absolute Gasteiger partial charge is 0.491 e. The van der Waals surface area contributed by atoms with Crippen molar-refractivity contribution >= 4 is 16.7 Å². The van der Waals surface area contributed by atoms with E-state index in [1.54, 1.807) is 13.2 Å². The molecule has 0 radical (unpaired) electrons. The average molecular weight is 432 g/mol. The van der Waals surface area contributed by atoms with Gasteiger partial charge in [0.2, 0.25) is 0 Å². The fourth-order valence-corrected chi connectivity index (χ4v) is 4.56. The van der Waals surface area contributed by atoms with Crippen LogP contribution in [0.4, 0.5) is 18.9 Å². The lowest BCUT2D eigenvalue weighted by atomic mass is 9.94. The number of pyridine rings is 1. The molecule has 0 amide bonds. The minimum Gasteiger partial charge on any atom is -0.491 e. The van der Waals surface area contributed by atoms with Gasteiger partial charge in [-0.15, -0.1) is 0 Å². The molecule has 2 aliphatic rings. The Morgan fingerprint density at radius 1 is 1.26 bits per heavy atom. The van der Waals surface area contributed by atoms with Gasteiger partial charge < -0.3 is 19.8 Å². The van der Waals surface area contributed by atoms with Gasteiger partial charge in [0.1, 0.15) is 23.7 Å². The maximum absolute atomic E-state index is 13.2. The fraction of sp³-hybridized carbons (Fsp3) is 0.409. The van der Waals surface area contributed by atoms with Crippen molar-refractivity contribution in [2.75, 3.05) is 32.1 Å². The number of methoxy groups -OCH3 is 1. The van der Waals surface area contributed by atoms with E-state index in [9.17, 15) is 13.2 Å². The Morgan fingerprint density at radius 2 is 2.10 bits per heavy atom. The zero-order chi connectivity index (χ0) is 21.6. The SMILES string of the molecule is COC1CCN(C2COc3ccccc3C2Nc2ccnc3[nH]c(C(F)(F)F)cc23)C1. The predicted molar refractivity (Wildman–Crippen MR) is 110 cm³/mol. The van der Waals surface area contributed by atoms with Crippen molar-refractivity contribution < 1.29 is 22.6 Å². The highest BCUT2D eigenvalue weighted by Crippen LogP contribution is 2.39. The first-order chi connectivity index (χ1) is 14.9. The van der Waals surface area contributed by atoms with E-state index in [4.69, 9.17) is 9.47 Å². The number of anilines is 1. The molecular formula is C22H23F3N4O2. The maximum atomic E-state index is 13.2. The molecule has 0 saturated carbocycles. The number of ether oxygens (including phenoxy) is 2. The average Bonchev–Trinajstić information content (AvgIpc) is 3.41. The van der Waals surface area contributed by atoms with Crippen LogP contribution in [0.25, 0.3) is 11.0 Å². The van der Waals surface area contributed by atoms with Crippen LogP contribution >= 0.6 is 0 Å². The third-order valence-corrected chi connectivity index (χ3v) is 6.18. The van der Waals surface area contributed by atoms with Gasteiger partial charge in [0, 0.05) is 43.0 Å². The summed E-state index contributed by atoms with van der Waals surface area (Å²) in [5.74, 6) is 0.786. The standard InChI is InChI=1S/C22H23F3N4O2/c1-30-13-7-9-29(11-13)17-12-31-18-5-3-2-4-14(18)20(17)27-16-6-8-26-21-15(16)10-19(28-21)22(23,24)25/h2-6,8,10,13,17,20H,7,9,11-12H2,1H3,(H2,26,27,28). The summed E-state index contributed by atoms with van der Waals surface area (Å²) in [6.45, 7) is 2.15. The number of rotatable bonds is 4. The van der Waals surface area contributed by atoms with Crippen molar-refractivity contribution in [2.45, 2.75) is 30.8 Å². The van der Waals surface area contributed by atoms with Gasteiger partial charge in [-0.3, -0.25) is 4.90 Å². The van der Waals surface area contributed by atoms with Crippen molar-refractivity contribution in [3.05, 3.63) is 53.9 Å². The summed E-state index contributed by atoms with van der Waals surface area (Å²) >= 11 is 0. The number of aromatic nitrogens is 2. The Labute approximate surface area is 177 Å². The summed E-state index contributed by atoms with van der Waals surface area (Å²) in [4.78, 5) is 8.80. The van der Waals surface area contributed by atoms with Crippen molar-refractivity contribution in [1.29, 1.82) is 0 Å². The van der Waals surface area contributed by atoms with Crippen LogP contribution in [-0.4, -0.2) is 53.8 Å². The lowest BCUT2D eigenvalue weighted by Crippen LogP contribution is -2.47.